The van der Waals surface area contributed by atoms with Gasteiger partial charge in [0, 0.05) is 17.6 Å². The van der Waals surface area contributed by atoms with Gasteiger partial charge in [-0.3, -0.25) is 4.98 Å². The number of carboxylic acids is 1. The fourth-order valence-corrected chi connectivity index (χ4v) is 2.45. The Hall–Kier alpha value is -2.95. The van der Waals surface area contributed by atoms with Gasteiger partial charge in [0.15, 0.2) is 0 Å². The van der Waals surface area contributed by atoms with Gasteiger partial charge in [0.1, 0.15) is 5.82 Å². The number of rotatable bonds is 3. The van der Waals surface area contributed by atoms with Crippen LogP contribution in [0.1, 0.15) is 16.1 Å². The molecule has 0 fully saturated rings. The number of carbonyl (C=O) groups is 1. The molecule has 0 radical (unpaired) electrons. The first-order valence-electron chi connectivity index (χ1n) is 6.71. The standard InChI is InChI=1S/C17H13FN2O2/c1-11-14(17(21)22)10-16(15-4-2-3-9-19-15)20(11)13-7-5-12(18)6-8-13/h2-10H,1H3,(H,21,22). The first kappa shape index (κ1) is 14.0. The summed E-state index contributed by atoms with van der Waals surface area (Å²) in [4.78, 5) is 15.7. The third-order valence-corrected chi connectivity index (χ3v) is 3.49. The van der Waals surface area contributed by atoms with Crippen LogP contribution in [0, 0.1) is 12.7 Å². The van der Waals surface area contributed by atoms with E-state index in [4.69, 9.17) is 0 Å². The molecule has 3 rings (SSSR count). The van der Waals surface area contributed by atoms with Crippen LogP contribution in [0.4, 0.5) is 4.39 Å². The molecule has 110 valence electrons. The van der Waals surface area contributed by atoms with Gasteiger partial charge in [0.2, 0.25) is 0 Å². The van der Waals surface area contributed by atoms with Crippen LogP contribution in [0.3, 0.4) is 0 Å². The molecular weight excluding hydrogens is 283 g/mol. The zero-order chi connectivity index (χ0) is 15.7. The molecule has 0 spiro atoms. The minimum Gasteiger partial charge on any atom is -0.478 e. The predicted molar refractivity (Wildman–Crippen MR) is 80.7 cm³/mol. The summed E-state index contributed by atoms with van der Waals surface area (Å²) in [5, 5.41) is 9.35. The lowest BCUT2D eigenvalue weighted by molar-refractivity contribution is 0.0696. The second-order valence-corrected chi connectivity index (χ2v) is 4.86. The molecule has 1 aromatic carbocycles. The van der Waals surface area contributed by atoms with Crippen molar-refractivity contribution >= 4 is 5.97 Å². The maximum absolute atomic E-state index is 13.1. The molecule has 0 unspecified atom stereocenters. The molecule has 0 aliphatic rings. The lowest BCUT2D eigenvalue weighted by Gasteiger charge is -2.11. The van der Waals surface area contributed by atoms with E-state index in [-0.39, 0.29) is 11.4 Å². The molecule has 0 saturated heterocycles. The quantitative estimate of drug-likeness (QED) is 0.802. The molecule has 4 nitrogen and oxygen atoms in total. The summed E-state index contributed by atoms with van der Waals surface area (Å²) in [5.74, 6) is -1.35. The van der Waals surface area contributed by atoms with E-state index < -0.39 is 5.97 Å². The van der Waals surface area contributed by atoms with Crippen LogP contribution in [0.15, 0.2) is 54.7 Å². The van der Waals surface area contributed by atoms with E-state index in [2.05, 4.69) is 4.98 Å². The number of aromatic nitrogens is 2. The van der Waals surface area contributed by atoms with Crippen molar-refractivity contribution in [3.63, 3.8) is 0 Å². The van der Waals surface area contributed by atoms with Crippen LogP contribution in [0.5, 0.6) is 0 Å². The number of benzene rings is 1. The number of nitrogens with zero attached hydrogens (tertiary/aromatic N) is 2. The monoisotopic (exact) mass is 296 g/mol. The molecule has 0 bridgehead atoms. The molecule has 0 atom stereocenters. The summed E-state index contributed by atoms with van der Waals surface area (Å²) in [6.45, 7) is 1.72. The van der Waals surface area contributed by atoms with Crippen molar-refractivity contribution < 1.29 is 14.3 Å². The van der Waals surface area contributed by atoms with E-state index in [0.717, 1.165) is 0 Å². The van der Waals surface area contributed by atoms with Crippen molar-refractivity contribution in [1.82, 2.24) is 9.55 Å². The summed E-state index contributed by atoms with van der Waals surface area (Å²) in [7, 11) is 0. The van der Waals surface area contributed by atoms with Gasteiger partial charge in [-0.1, -0.05) is 6.07 Å². The third-order valence-electron chi connectivity index (χ3n) is 3.49. The summed E-state index contributed by atoms with van der Waals surface area (Å²) < 4.78 is 14.9. The Bertz CT molecular complexity index is 824. The van der Waals surface area contributed by atoms with Crippen LogP contribution >= 0.6 is 0 Å². The molecule has 0 aliphatic carbocycles. The number of aromatic carboxylic acids is 1. The smallest absolute Gasteiger partial charge is 0.337 e. The molecule has 0 aliphatic heterocycles. The molecule has 1 N–H and O–H groups in total. The maximum atomic E-state index is 13.1. The van der Waals surface area contributed by atoms with E-state index in [9.17, 15) is 14.3 Å². The van der Waals surface area contributed by atoms with E-state index >= 15 is 0 Å². The van der Waals surface area contributed by atoms with Crippen molar-refractivity contribution in [2.24, 2.45) is 0 Å². The van der Waals surface area contributed by atoms with Crippen LogP contribution < -0.4 is 0 Å². The highest BCUT2D eigenvalue weighted by Gasteiger charge is 2.19. The van der Waals surface area contributed by atoms with Gasteiger partial charge in [-0.05, 0) is 49.4 Å². The summed E-state index contributed by atoms with van der Waals surface area (Å²) >= 11 is 0. The van der Waals surface area contributed by atoms with Crippen molar-refractivity contribution in [2.45, 2.75) is 6.92 Å². The first-order chi connectivity index (χ1) is 10.6. The van der Waals surface area contributed by atoms with Gasteiger partial charge in [0.05, 0.1) is 17.0 Å². The van der Waals surface area contributed by atoms with Crippen LogP contribution in [-0.4, -0.2) is 20.6 Å². The first-order valence-corrected chi connectivity index (χ1v) is 6.71. The highest BCUT2D eigenvalue weighted by atomic mass is 19.1. The second-order valence-electron chi connectivity index (χ2n) is 4.86. The number of hydrogen-bond acceptors (Lipinski definition) is 2. The zero-order valence-corrected chi connectivity index (χ0v) is 11.8. The topological polar surface area (TPSA) is 55.1 Å². The van der Waals surface area contributed by atoms with E-state index in [1.54, 1.807) is 48.0 Å². The fraction of sp³-hybridized carbons (Fsp3) is 0.0588. The van der Waals surface area contributed by atoms with Crippen molar-refractivity contribution in [1.29, 1.82) is 0 Å². The van der Waals surface area contributed by atoms with Gasteiger partial charge in [-0.25, -0.2) is 9.18 Å². The van der Waals surface area contributed by atoms with Gasteiger partial charge in [-0.2, -0.15) is 0 Å². The molecule has 5 heteroatoms. The third kappa shape index (κ3) is 2.37. The zero-order valence-electron chi connectivity index (χ0n) is 11.8. The summed E-state index contributed by atoms with van der Waals surface area (Å²) in [5.41, 5.74) is 2.77. The second kappa shape index (κ2) is 5.44. The minimum atomic E-state index is -1.00. The maximum Gasteiger partial charge on any atom is 0.337 e. The van der Waals surface area contributed by atoms with Crippen molar-refractivity contribution in [2.75, 3.05) is 0 Å². The molecule has 3 aromatic rings. The number of carboxylic acid groups (broad SMARTS) is 1. The largest absolute Gasteiger partial charge is 0.478 e. The molecule has 2 aromatic heterocycles. The van der Waals surface area contributed by atoms with E-state index in [0.29, 0.717) is 22.8 Å². The Morgan fingerprint density at radius 1 is 1.18 bits per heavy atom. The van der Waals surface area contributed by atoms with Crippen LogP contribution in [0.2, 0.25) is 0 Å². The Kier molecular flexibility index (Phi) is 3.47. The fourth-order valence-electron chi connectivity index (χ4n) is 2.45. The Labute approximate surface area is 126 Å². The summed E-state index contributed by atoms with van der Waals surface area (Å²) in [6.07, 6.45) is 1.65. The lowest BCUT2D eigenvalue weighted by Crippen LogP contribution is -2.02. The SMILES string of the molecule is Cc1c(C(=O)O)cc(-c2ccccn2)n1-c1ccc(F)cc1. The van der Waals surface area contributed by atoms with Gasteiger partial charge < -0.3 is 9.67 Å². The number of hydrogen-bond donors (Lipinski definition) is 1. The Balaban J connectivity index is 2.27. The number of pyridine rings is 1. The number of halogens is 1. The molecule has 2 heterocycles. The van der Waals surface area contributed by atoms with Gasteiger partial charge in [0.25, 0.3) is 0 Å². The predicted octanol–water partition coefficient (Wildman–Crippen LogP) is 3.69. The normalized spacial score (nSPS) is 10.6. The lowest BCUT2D eigenvalue weighted by atomic mass is 10.2. The minimum absolute atomic E-state index is 0.199. The van der Waals surface area contributed by atoms with Crippen LogP contribution in [0.25, 0.3) is 17.1 Å². The highest BCUT2D eigenvalue weighted by molar-refractivity contribution is 5.91. The van der Waals surface area contributed by atoms with E-state index in [1.165, 1.54) is 12.1 Å². The van der Waals surface area contributed by atoms with Crippen molar-refractivity contribution in [3.8, 4) is 17.1 Å². The van der Waals surface area contributed by atoms with Crippen LogP contribution in [-0.2, 0) is 0 Å². The molecule has 0 amide bonds. The molecular formula is C17H13FN2O2. The Morgan fingerprint density at radius 3 is 2.50 bits per heavy atom. The highest BCUT2D eigenvalue weighted by Crippen LogP contribution is 2.28. The Morgan fingerprint density at radius 2 is 1.91 bits per heavy atom. The van der Waals surface area contributed by atoms with Crippen molar-refractivity contribution in [3.05, 3.63) is 71.8 Å². The molecule has 22 heavy (non-hydrogen) atoms. The van der Waals surface area contributed by atoms with E-state index in [1.807, 2.05) is 6.07 Å². The van der Waals surface area contributed by atoms with Gasteiger partial charge in [-0.15, -0.1) is 0 Å². The average Bonchev–Trinajstić information content (AvgIpc) is 2.87. The average molecular weight is 296 g/mol. The van der Waals surface area contributed by atoms with Gasteiger partial charge >= 0.3 is 5.97 Å². The molecule has 0 saturated carbocycles. The summed E-state index contributed by atoms with van der Waals surface area (Å²) in [6, 6.07) is 12.9.